The van der Waals surface area contributed by atoms with Crippen molar-refractivity contribution in [3.05, 3.63) is 64.7 Å². The highest BCUT2D eigenvalue weighted by atomic mass is 19.4. The van der Waals surface area contributed by atoms with Gasteiger partial charge >= 0.3 is 18.2 Å². The molecular formula is C28H27F5N6O5. The molecule has 44 heavy (non-hydrogen) atoms. The molecule has 0 fully saturated rings. The molecule has 1 unspecified atom stereocenters. The van der Waals surface area contributed by atoms with Crippen molar-refractivity contribution >= 4 is 35.4 Å². The van der Waals surface area contributed by atoms with E-state index in [1.807, 2.05) is 0 Å². The number of alkyl halides is 3. The van der Waals surface area contributed by atoms with E-state index < -0.39 is 66.6 Å². The number of fused-ring (bicyclic) bond motifs is 1. The van der Waals surface area contributed by atoms with E-state index in [0.717, 1.165) is 18.2 Å². The van der Waals surface area contributed by atoms with E-state index >= 15 is 0 Å². The second-order valence-corrected chi connectivity index (χ2v) is 10.0. The smallest absolute Gasteiger partial charge is 0.457 e. The number of urea groups is 1. The number of benzene rings is 2. The summed E-state index contributed by atoms with van der Waals surface area (Å²) in [5.74, 6) is -5.77. The van der Waals surface area contributed by atoms with E-state index in [1.54, 1.807) is 32.9 Å². The van der Waals surface area contributed by atoms with E-state index in [9.17, 15) is 41.4 Å². The molecule has 0 spiro atoms. The first-order valence-corrected chi connectivity index (χ1v) is 13.2. The number of rotatable bonds is 9. The summed E-state index contributed by atoms with van der Waals surface area (Å²) in [6.07, 6.45) is -5.28. The van der Waals surface area contributed by atoms with Gasteiger partial charge in [0, 0.05) is 22.7 Å². The highest BCUT2D eigenvalue weighted by Crippen LogP contribution is 2.39. The van der Waals surface area contributed by atoms with Gasteiger partial charge < -0.3 is 25.8 Å². The minimum absolute atomic E-state index is 0.0971. The third kappa shape index (κ3) is 6.85. The Hall–Kier alpha value is -4.86. The quantitative estimate of drug-likeness (QED) is 0.206. The summed E-state index contributed by atoms with van der Waals surface area (Å²) in [5.41, 5.74) is 0.714. The van der Waals surface area contributed by atoms with Crippen LogP contribution in [-0.2, 0) is 16.1 Å². The number of hydrogen-bond acceptors (Lipinski definition) is 8. The van der Waals surface area contributed by atoms with Crippen molar-refractivity contribution in [2.24, 2.45) is 0 Å². The molecule has 4 rings (SSSR count). The van der Waals surface area contributed by atoms with E-state index in [-0.39, 0.29) is 35.2 Å². The molecule has 234 valence electrons. The number of carbonyl (C=O) groups excluding carboxylic acids is 3. The van der Waals surface area contributed by atoms with Gasteiger partial charge in [-0.05, 0) is 50.6 Å². The van der Waals surface area contributed by atoms with Gasteiger partial charge in [-0.3, -0.25) is 4.79 Å². The van der Waals surface area contributed by atoms with Gasteiger partial charge in [-0.1, -0.05) is 12.1 Å². The van der Waals surface area contributed by atoms with Gasteiger partial charge in [0.25, 0.3) is 5.91 Å². The van der Waals surface area contributed by atoms with E-state index in [2.05, 4.69) is 30.7 Å². The van der Waals surface area contributed by atoms with Crippen LogP contribution >= 0.6 is 0 Å². The van der Waals surface area contributed by atoms with Crippen LogP contribution in [0.2, 0.25) is 0 Å². The minimum Gasteiger partial charge on any atom is -0.457 e. The lowest BCUT2D eigenvalue weighted by Crippen LogP contribution is -2.43. The Balaban J connectivity index is 1.88. The van der Waals surface area contributed by atoms with Crippen molar-refractivity contribution in [2.75, 3.05) is 23.4 Å². The number of anilines is 3. The SMILES string of the molecule is Cc1ccc(C(=O)NC(C)C)cc1-c1nc(NC(CO)COC(=O)C(F)(F)F)nc2c1CNC(=O)N2c1c(F)cccc1F. The van der Waals surface area contributed by atoms with Crippen LogP contribution in [0.25, 0.3) is 11.3 Å². The number of hydrogen-bond donors (Lipinski definition) is 4. The van der Waals surface area contributed by atoms with Crippen molar-refractivity contribution in [1.82, 2.24) is 20.6 Å². The fraction of sp³-hybridized carbons (Fsp3) is 0.321. The highest BCUT2D eigenvalue weighted by molar-refractivity contribution is 6.02. The zero-order valence-electron chi connectivity index (χ0n) is 23.6. The molecule has 4 N–H and O–H groups in total. The number of amides is 3. The van der Waals surface area contributed by atoms with Gasteiger partial charge in [0.1, 0.15) is 23.9 Å². The summed E-state index contributed by atoms with van der Waals surface area (Å²) in [4.78, 5) is 46.4. The molecule has 0 aliphatic carbocycles. The molecule has 11 nitrogen and oxygen atoms in total. The van der Waals surface area contributed by atoms with Crippen LogP contribution in [0.4, 0.5) is 44.2 Å². The summed E-state index contributed by atoms with van der Waals surface area (Å²) in [6.45, 7) is 3.23. The number of aliphatic hydroxyl groups is 1. The van der Waals surface area contributed by atoms with Crippen molar-refractivity contribution in [3.8, 4) is 11.3 Å². The first-order valence-electron chi connectivity index (χ1n) is 13.2. The third-order valence-electron chi connectivity index (χ3n) is 6.35. The summed E-state index contributed by atoms with van der Waals surface area (Å²) >= 11 is 0. The molecule has 0 bridgehead atoms. The zero-order valence-corrected chi connectivity index (χ0v) is 23.6. The Bertz CT molecular complexity index is 1580. The molecule has 1 aromatic heterocycles. The van der Waals surface area contributed by atoms with Gasteiger partial charge in [-0.2, -0.15) is 18.2 Å². The first kappa shape index (κ1) is 32.1. The Morgan fingerprint density at radius 1 is 1.14 bits per heavy atom. The Kier molecular flexibility index (Phi) is 9.32. The molecular weight excluding hydrogens is 595 g/mol. The van der Waals surface area contributed by atoms with Crippen LogP contribution in [-0.4, -0.2) is 64.5 Å². The monoisotopic (exact) mass is 622 g/mol. The maximum atomic E-state index is 14.9. The lowest BCUT2D eigenvalue weighted by molar-refractivity contribution is -0.200. The van der Waals surface area contributed by atoms with Gasteiger partial charge in [-0.15, -0.1) is 0 Å². The van der Waals surface area contributed by atoms with Crippen LogP contribution in [0.1, 0.15) is 35.3 Å². The summed E-state index contributed by atoms with van der Waals surface area (Å²) in [5, 5.41) is 17.6. The number of aromatic nitrogens is 2. The lowest BCUT2D eigenvalue weighted by Gasteiger charge is -2.31. The topological polar surface area (TPSA) is 146 Å². The van der Waals surface area contributed by atoms with Crippen LogP contribution in [0.3, 0.4) is 0 Å². The molecule has 3 aromatic rings. The number of ether oxygens (including phenoxy) is 1. The molecule has 0 saturated carbocycles. The van der Waals surface area contributed by atoms with Crippen LogP contribution in [0.15, 0.2) is 36.4 Å². The lowest BCUT2D eigenvalue weighted by atomic mass is 9.97. The van der Waals surface area contributed by atoms with Crippen molar-refractivity contribution in [2.45, 2.75) is 45.6 Å². The fourth-order valence-electron chi connectivity index (χ4n) is 4.30. The number of nitrogens with zero attached hydrogens (tertiary/aromatic N) is 3. The third-order valence-corrected chi connectivity index (χ3v) is 6.35. The summed E-state index contributed by atoms with van der Waals surface area (Å²) < 4.78 is 72.0. The van der Waals surface area contributed by atoms with Gasteiger partial charge in [0.05, 0.1) is 24.9 Å². The number of nitrogens with one attached hydrogen (secondary N) is 3. The average molecular weight is 623 g/mol. The Morgan fingerprint density at radius 2 is 1.82 bits per heavy atom. The molecule has 3 amide bonds. The normalized spacial score (nSPS) is 13.7. The fourth-order valence-corrected chi connectivity index (χ4v) is 4.30. The minimum atomic E-state index is -5.28. The average Bonchev–Trinajstić information content (AvgIpc) is 2.95. The maximum absolute atomic E-state index is 14.9. The van der Waals surface area contributed by atoms with Crippen LogP contribution in [0, 0.1) is 18.6 Å². The number of carbonyl (C=O) groups is 3. The molecule has 0 saturated heterocycles. The van der Waals surface area contributed by atoms with E-state index in [4.69, 9.17) is 0 Å². The molecule has 1 atom stereocenters. The number of para-hydroxylation sites is 1. The zero-order chi connectivity index (χ0) is 32.3. The molecule has 2 heterocycles. The van der Waals surface area contributed by atoms with Crippen molar-refractivity contribution in [3.63, 3.8) is 0 Å². The van der Waals surface area contributed by atoms with E-state index in [1.165, 1.54) is 6.07 Å². The molecule has 16 heteroatoms. The molecule has 1 aliphatic heterocycles. The number of esters is 1. The second-order valence-electron chi connectivity index (χ2n) is 10.0. The van der Waals surface area contributed by atoms with Crippen LogP contribution in [0.5, 0.6) is 0 Å². The van der Waals surface area contributed by atoms with Crippen molar-refractivity contribution in [1.29, 1.82) is 0 Å². The second kappa shape index (κ2) is 12.8. The Morgan fingerprint density at radius 3 is 2.43 bits per heavy atom. The summed E-state index contributed by atoms with van der Waals surface area (Å²) in [7, 11) is 0. The largest absolute Gasteiger partial charge is 0.490 e. The summed E-state index contributed by atoms with van der Waals surface area (Å²) in [6, 6.07) is 5.18. The number of aliphatic hydroxyl groups excluding tert-OH is 1. The Labute approximate surface area is 247 Å². The predicted molar refractivity (Wildman–Crippen MR) is 147 cm³/mol. The predicted octanol–water partition coefficient (Wildman–Crippen LogP) is 4.11. The molecule has 2 aromatic carbocycles. The highest BCUT2D eigenvalue weighted by Gasteiger charge is 2.41. The van der Waals surface area contributed by atoms with Crippen LogP contribution < -0.4 is 20.9 Å². The van der Waals surface area contributed by atoms with E-state index in [0.29, 0.717) is 16.0 Å². The first-order chi connectivity index (χ1) is 20.7. The number of aryl methyl sites for hydroxylation is 1. The molecule has 0 radical (unpaired) electrons. The number of halogens is 5. The standard InChI is InChI=1S/C28H27F5N6O5/c1-13(2)35-24(41)15-8-7-14(3)17(9-15)21-18-10-34-27(43)39(22-19(29)5-4-6-20(22)30)23(18)38-26(37-21)36-16(11-40)12-44-25(42)28(31,32)33/h4-9,13,16,40H,10-12H2,1-3H3,(H,34,43)(H,35,41)(H,36,37,38). The van der Waals surface area contributed by atoms with Gasteiger partial charge in [-0.25, -0.2) is 28.3 Å². The van der Waals surface area contributed by atoms with Gasteiger partial charge in [0.15, 0.2) is 5.82 Å². The van der Waals surface area contributed by atoms with Gasteiger partial charge in [0.2, 0.25) is 5.95 Å². The maximum Gasteiger partial charge on any atom is 0.490 e. The van der Waals surface area contributed by atoms with Crippen molar-refractivity contribution < 1.29 is 46.2 Å². The molecule has 1 aliphatic rings.